The molecule has 2 aromatic rings. The lowest BCUT2D eigenvalue weighted by Gasteiger charge is -2.29. The predicted octanol–water partition coefficient (Wildman–Crippen LogP) is 3.40. The van der Waals surface area contributed by atoms with E-state index < -0.39 is 19.9 Å². The molecule has 152 valence electrons. The number of methoxy groups -OCH3 is 1. The van der Waals surface area contributed by atoms with Gasteiger partial charge in [0.25, 0.3) is 0 Å². The molecule has 1 saturated heterocycles. The minimum Gasteiger partial charge on any atom is -0.497 e. The molecule has 0 radical (unpaired) electrons. The van der Waals surface area contributed by atoms with Crippen molar-refractivity contribution in [3.63, 3.8) is 0 Å². The first kappa shape index (κ1) is 20.8. The van der Waals surface area contributed by atoms with Crippen LogP contribution in [0.15, 0.2) is 58.3 Å². The minimum absolute atomic E-state index is 0.106. The molecule has 0 unspecified atom stereocenters. The van der Waals surface area contributed by atoms with Gasteiger partial charge in [-0.15, -0.1) is 0 Å². The summed E-state index contributed by atoms with van der Waals surface area (Å²) < 4.78 is 56.8. The number of sulfonamides is 1. The lowest BCUT2D eigenvalue weighted by atomic mass is 10.0. The van der Waals surface area contributed by atoms with Crippen molar-refractivity contribution in [2.24, 2.45) is 0 Å². The van der Waals surface area contributed by atoms with Crippen molar-refractivity contribution in [2.45, 2.75) is 41.5 Å². The number of ether oxygens (including phenoxy) is 1. The molecule has 1 heterocycles. The number of benzene rings is 2. The van der Waals surface area contributed by atoms with Crippen molar-refractivity contribution in [1.29, 1.82) is 0 Å². The topological polar surface area (TPSA) is 80.8 Å². The maximum absolute atomic E-state index is 13.4. The Hall–Kier alpha value is -1.90. The average Bonchev–Trinajstić information content (AvgIpc) is 2.94. The highest BCUT2D eigenvalue weighted by atomic mass is 32.2. The van der Waals surface area contributed by atoms with Gasteiger partial charge in [0.05, 0.1) is 22.9 Å². The largest absolute Gasteiger partial charge is 0.497 e. The number of hydrogen-bond acceptors (Lipinski definition) is 5. The zero-order chi connectivity index (χ0) is 20.4. The zero-order valence-corrected chi connectivity index (χ0v) is 17.7. The predicted molar refractivity (Wildman–Crippen MR) is 108 cm³/mol. The van der Waals surface area contributed by atoms with Crippen LogP contribution >= 0.6 is 0 Å². The highest BCUT2D eigenvalue weighted by Crippen LogP contribution is 2.35. The van der Waals surface area contributed by atoms with E-state index in [1.807, 2.05) is 24.3 Å². The number of nitrogens with zero attached hydrogens (tertiary/aromatic N) is 1. The lowest BCUT2D eigenvalue weighted by molar-refractivity contribution is 0.328. The van der Waals surface area contributed by atoms with E-state index in [0.29, 0.717) is 6.54 Å². The Morgan fingerprint density at radius 3 is 2.04 bits per heavy atom. The summed E-state index contributed by atoms with van der Waals surface area (Å²) in [6, 6.07) is 12.7. The summed E-state index contributed by atoms with van der Waals surface area (Å²) in [6.07, 6.45) is 4.58. The number of rotatable bonds is 5. The second-order valence-electron chi connectivity index (χ2n) is 7.00. The molecule has 0 saturated carbocycles. The molecular formula is C20H25NO5S2. The molecule has 0 aromatic heterocycles. The Morgan fingerprint density at radius 1 is 0.857 bits per heavy atom. The molecule has 6 nitrogen and oxygen atoms in total. The summed E-state index contributed by atoms with van der Waals surface area (Å²) >= 11 is 0. The van der Waals surface area contributed by atoms with Gasteiger partial charge in [-0.25, -0.2) is 16.8 Å². The van der Waals surface area contributed by atoms with E-state index in [9.17, 15) is 16.8 Å². The van der Waals surface area contributed by atoms with Crippen LogP contribution in [0.1, 0.15) is 37.3 Å². The van der Waals surface area contributed by atoms with Crippen LogP contribution in [0.5, 0.6) is 5.75 Å². The average molecular weight is 424 g/mol. The van der Waals surface area contributed by atoms with Crippen LogP contribution in [0, 0.1) is 0 Å². The van der Waals surface area contributed by atoms with Gasteiger partial charge in [-0.2, -0.15) is 4.31 Å². The first-order chi connectivity index (χ1) is 13.2. The van der Waals surface area contributed by atoms with E-state index in [0.717, 1.165) is 43.3 Å². The molecule has 0 amide bonds. The maximum atomic E-state index is 13.4. The molecule has 1 aliphatic rings. The van der Waals surface area contributed by atoms with Gasteiger partial charge in [-0.1, -0.05) is 25.0 Å². The summed E-state index contributed by atoms with van der Waals surface area (Å²) in [5, 5.41) is 0. The van der Waals surface area contributed by atoms with Crippen LogP contribution in [-0.4, -0.2) is 41.1 Å². The van der Waals surface area contributed by atoms with Crippen molar-refractivity contribution >= 4 is 19.9 Å². The van der Waals surface area contributed by atoms with Gasteiger partial charge in [0, 0.05) is 12.8 Å². The summed E-state index contributed by atoms with van der Waals surface area (Å²) in [5.74, 6) is 0.725. The van der Waals surface area contributed by atoms with Gasteiger partial charge in [-0.05, 0) is 54.8 Å². The third kappa shape index (κ3) is 4.39. The van der Waals surface area contributed by atoms with Crippen LogP contribution in [0.3, 0.4) is 0 Å². The van der Waals surface area contributed by atoms with E-state index >= 15 is 0 Å². The highest BCUT2D eigenvalue weighted by Gasteiger charge is 2.33. The van der Waals surface area contributed by atoms with Crippen LogP contribution in [0.2, 0.25) is 0 Å². The molecule has 0 bridgehead atoms. The summed E-state index contributed by atoms with van der Waals surface area (Å²) in [7, 11) is -5.53. The van der Waals surface area contributed by atoms with Crippen LogP contribution in [0.25, 0.3) is 0 Å². The maximum Gasteiger partial charge on any atom is 0.243 e. The van der Waals surface area contributed by atoms with Gasteiger partial charge in [0.1, 0.15) is 5.75 Å². The molecule has 1 aliphatic heterocycles. The minimum atomic E-state index is -3.75. The standard InChI is InChI=1S/C20H25NO5S2/c1-26-17-9-7-16(8-10-17)20-6-4-3-5-15-21(20)28(24,25)19-13-11-18(12-14-19)27(2,22)23/h7-14,20H,3-6,15H2,1-2H3/t20-/m0/s1. The van der Waals surface area contributed by atoms with Gasteiger partial charge >= 0.3 is 0 Å². The monoisotopic (exact) mass is 423 g/mol. The molecule has 28 heavy (non-hydrogen) atoms. The molecule has 2 aromatic carbocycles. The first-order valence-corrected chi connectivity index (χ1v) is 12.5. The molecule has 1 atom stereocenters. The highest BCUT2D eigenvalue weighted by molar-refractivity contribution is 7.90. The smallest absolute Gasteiger partial charge is 0.243 e. The molecule has 8 heteroatoms. The van der Waals surface area contributed by atoms with Gasteiger partial charge in [-0.3, -0.25) is 0 Å². The van der Waals surface area contributed by atoms with Crippen molar-refractivity contribution in [2.75, 3.05) is 19.9 Å². The lowest BCUT2D eigenvalue weighted by Crippen LogP contribution is -2.34. The molecule has 0 N–H and O–H groups in total. The van der Waals surface area contributed by atoms with Crippen LogP contribution in [-0.2, 0) is 19.9 Å². The van der Waals surface area contributed by atoms with E-state index in [4.69, 9.17) is 4.74 Å². The van der Waals surface area contributed by atoms with Crippen LogP contribution in [0.4, 0.5) is 0 Å². The fourth-order valence-corrected chi connectivity index (χ4v) is 5.84. The molecule has 1 fully saturated rings. The Labute approximate surface area is 167 Å². The van der Waals surface area contributed by atoms with Crippen molar-refractivity contribution in [1.82, 2.24) is 4.31 Å². The van der Waals surface area contributed by atoms with Crippen LogP contribution < -0.4 is 4.74 Å². The Morgan fingerprint density at radius 2 is 1.46 bits per heavy atom. The molecule has 0 spiro atoms. The van der Waals surface area contributed by atoms with Crippen molar-refractivity contribution in [3.05, 3.63) is 54.1 Å². The Kier molecular flexibility index (Phi) is 6.12. The van der Waals surface area contributed by atoms with E-state index in [1.54, 1.807) is 11.4 Å². The van der Waals surface area contributed by atoms with Gasteiger partial charge in [0.15, 0.2) is 9.84 Å². The third-order valence-electron chi connectivity index (χ3n) is 5.06. The first-order valence-electron chi connectivity index (χ1n) is 9.19. The third-order valence-corrected chi connectivity index (χ3v) is 8.11. The fourth-order valence-electron chi connectivity index (χ4n) is 3.52. The molecule has 3 rings (SSSR count). The summed E-state index contributed by atoms with van der Waals surface area (Å²) in [5.41, 5.74) is 0.930. The zero-order valence-electron chi connectivity index (χ0n) is 16.0. The summed E-state index contributed by atoms with van der Waals surface area (Å²) in [4.78, 5) is 0.217. The summed E-state index contributed by atoms with van der Waals surface area (Å²) in [6.45, 7) is 0.437. The van der Waals surface area contributed by atoms with Crippen molar-refractivity contribution in [3.8, 4) is 5.75 Å². The number of sulfone groups is 1. The van der Waals surface area contributed by atoms with E-state index in [-0.39, 0.29) is 15.8 Å². The Balaban J connectivity index is 1.98. The van der Waals surface area contributed by atoms with Gasteiger partial charge in [0.2, 0.25) is 10.0 Å². The van der Waals surface area contributed by atoms with Crippen molar-refractivity contribution < 1.29 is 21.6 Å². The fraction of sp³-hybridized carbons (Fsp3) is 0.400. The number of hydrogen-bond donors (Lipinski definition) is 0. The normalized spacial score (nSPS) is 19.1. The molecule has 0 aliphatic carbocycles. The molecular weight excluding hydrogens is 398 g/mol. The SMILES string of the molecule is COc1ccc([C@@H]2CCCCCN2S(=O)(=O)c2ccc(S(C)(=O)=O)cc2)cc1. The quantitative estimate of drug-likeness (QED) is 0.736. The Bertz CT molecular complexity index is 1010. The second-order valence-corrected chi connectivity index (χ2v) is 10.9. The second kappa shape index (κ2) is 8.23. The van der Waals surface area contributed by atoms with E-state index in [1.165, 1.54) is 24.3 Å². The van der Waals surface area contributed by atoms with E-state index in [2.05, 4.69) is 0 Å². The van der Waals surface area contributed by atoms with Gasteiger partial charge < -0.3 is 4.74 Å².